The number of carbonyl (C=O) groups excluding carboxylic acids is 1. The Morgan fingerprint density at radius 3 is 2.50 bits per heavy atom. The van der Waals surface area contributed by atoms with Crippen LogP contribution >= 0.6 is 12.4 Å². The van der Waals surface area contributed by atoms with Crippen LogP contribution < -0.4 is 10.6 Å². The van der Waals surface area contributed by atoms with Crippen molar-refractivity contribution in [2.45, 2.75) is 57.1 Å². The van der Waals surface area contributed by atoms with E-state index < -0.39 is 0 Å². The van der Waals surface area contributed by atoms with E-state index in [9.17, 15) is 9.90 Å². The van der Waals surface area contributed by atoms with Crippen LogP contribution in [0.3, 0.4) is 0 Å². The van der Waals surface area contributed by atoms with Crippen LogP contribution in [0.15, 0.2) is 0 Å². The van der Waals surface area contributed by atoms with E-state index in [0.29, 0.717) is 12.3 Å². The van der Waals surface area contributed by atoms with E-state index in [0.717, 1.165) is 51.6 Å². The van der Waals surface area contributed by atoms with Crippen LogP contribution in [0.4, 0.5) is 0 Å². The molecule has 106 valence electrons. The van der Waals surface area contributed by atoms with Gasteiger partial charge in [-0.3, -0.25) is 4.79 Å². The van der Waals surface area contributed by atoms with Gasteiger partial charge in [0, 0.05) is 6.42 Å². The minimum absolute atomic E-state index is 0. The van der Waals surface area contributed by atoms with Gasteiger partial charge in [-0.15, -0.1) is 12.4 Å². The highest BCUT2D eigenvalue weighted by molar-refractivity contribution is 5.85. The molecule has 3 N–H and O–H groups in total. The molecule has 0 bridgehead atoms. The van der Waals surface area contributed by atoms with Crippen molar-refractivity contribution < 1.29 is 9.90 Å². The third-order valence-corrected chi connectivity index (χ3v) is 4.01. The van der Waals surface area contributed by atoms with Crippen molar-refractivity contribution in [3.8, 4) is 0 Å². The average Bonchev–Trinajstić information content (AvgIpc) is 2.33. The maximum Gasteiger partial charge on any atom is 0.220 e. The highest BCUT2D eigenvalue weighted by Gasteiger charge is 2.25. The molecular weight excluding hydrogens is 252 g/mol. The van der Waals surface area contributed by atoms with E-state index in [1.54, 1.807) is 0 Å². The molecule has 0 aromatic heterocycles. The van der Waals surface area contributed by atoms with Crippen molar-refractivity contribution >= 4 is 18.3 Å². The molecule has 0 aromatic carbocycles. The summed E-state index contributed by atoms with van der Waals surface area (Å²) < 4.78 is 0. The van der Waals surface area contributed by atoms with Gasteiger partial charge in [-0.25, -0.2) is 0 Å². The van der Waals surface area contributed by atoms with Crippen LogP contribution in [0, 0.1) is 5.92 Å². The highest BCUT2D eigenvalue weighted by Crippen LogP contribution is 2.20. The minimum Gasteiger partial charge on any atom is -0.391 e. The summed E-state index contributed by atoms with van der Waals surface area (Å²) in [4.78, 5) is 11.9. The van der Waals surface area contributed by atoms with E-state index in [4.69, 9.17) is 0 Å². The zero-order valence-corrected chi connectivity index (χ0v) is 11.7. The van der Waals surface area contributed by atoms with E-state index >= 15 is 0 Å². The Hall–Kier alpha value is -0.320. The molecule has 2 fully saturated rings. The number of halogens is 1. The van der Waals surface area contributed by atoms with Crippen LogP contribution in [-0.4, -0.2) is 36.2 Å². The first-order valence-corrected chi connectivity index (χ1v) is 6.94. The number of nitrogens with one attached hydrogen (secondary N) is 2. The molecule has 2 aliphatic rings. The van der Waals surface area contributed by atoms with Crippen molar-refractivity contribution in [3.63, 3.8) is 0 Å². The number of rotatable bonds is 3. The van der Waals surface area contributed by atoms with Gasteiger partial charge >= 0.3 is 0 Å². The predicted octanol–water partition coefficient (Wildman–Crippen LogP) is 1.22. The third-order valence-electron chi connectivity index (χ3n) is 4.01. The molecule has 1 saturated heterocycles. The Morgan fingerprint density at radius 2 is 1.83 bits per heavy atom. The molecule has 0 spiro atoms. The lowest BCUT2D eigenvalue weighted by Crippen LogP contribution is -2.45. The van der Waals surface area contributed by atoms with Gasteiger partial charge in [-0.2, -0.15) is 0 Å². The summed E-state index contributed by atoms with van der Waals surface area (Å²) >= 11 is 0. The van der Waals surface area contributed by atoms with E-state index in [1.807, 2.05) is 0 Å². The molecule has 1 aliphatic heterocycles. The minimum atomic E-state index is -0.333. The number of amides is 1. The zero-order chi connectivity index (χ0) is 12.1. The normalized spacial score (nSPS) is 29.4. The second-order valence-electron chi connectivity index (χ2n) is 5.42. The van der Waals surface area contributed by atoms with Gasteiger partial charge in [0.05, 0.1) is 12.1 Å². The standard InChI is InChI=1S/C13H24N2O2.ClH/c16-12-4-2-1-3-11(12)15-13(17)9-10-5-7-14-8-6-10;/h10-12,14,16H,1-9H2,(H,15,17);1H/t11-,12-;/m0./s1. The van der Waals surface area contributed by atoms with Gasteiger partial charge in [0.2, 0.25) is 5.91 Å². The molecule has 4 nitrogen and oxygen atoms in total. The van der Waals surface area contributed by atoms with Gasteiger partial charge in [0.15, 0.2) is 0 Å². The van der Waals surface area contributed by atoms with Crippen LogP contribution in [-0.2, 0) is 4.79 Å². The first kappa shape index (κ1) is 15.7. The topological polar surface area (TPSA) is 61.4 Å². The van der Waals surface area contributed by atoms with Crippen LogP contribution in [0.5, 0.6) is 0 Å². The fourth-order valence-corrected chi connectivity index (χ4v) is 2.89. The fourth-order valence-electron chi connectivity index (χ4n) is 2.89. The van der Waals surface area contributed by atoms with Crippen molar-refractivity contribution in [1.29, 1.82) is 0 Å². The molecule has 2 atom stereocenters. The van der Waals surface area contributed by atoms with Gasteiger partial charge in [-0.05, 0) is 44.7 Å². The maximum absolute atomic E-state index is 11.9. The molecular formula is C13H25ClN2O2. The first-order valence-electron chi connectivity index (χ1n) is 6.94. The molecule has 0 aromatic rings. The van der Waals surface area contributed by atoms with E-state index in [-0.39, 0.29) is 30.5 Å². The third kappa shape index (κ3) is 4.75. The Bertz CT molecular complexity index is 257. The molecule has 18 heavy (non-hydrogen) atoms. The van der Waals surface area contributed by atoms with Gasteiger partial charge in [-0.1, -0.05) is 12.8 Å². The fraction of sp³-hybridized carbons (Fsp3) is 0.923. The summed E-state index contributed by atoms with van der Waals surface area (Å²) in [5, 5.41) is 16.1. The van der Waals surface area contributed by atoms with Crippen molar-refractivity contribution in [2.24, 2.45) is 5.92 Å². The quantitative estimate of drug-likeness (QED) is 0.726. The largest absolute Gasteiger partial charge is 0.391 e. The lowest BCUT2D eigenvalue weighted by Gasteiger charge is -2.29. The average molecular weight is 277 g/mol. The summed E-state index contributed by atoms with van der Waals surface area (Å²) in [6, 6.07) is -0.00188. The lowest BCUT2D eigenvalue weighted by atomic mass is 9.91. The molecule has 1 saturated carbocycles. The number of aliphatic hydroxyl groups is 1. The van der Waals surface area contributed by atoms with Crippen molar-refractivity contribution in [3.05, 3.63) is 0 Å². The highest BCUT2D eigenvalue weighted by atomic mass is 35.5. The van der Waals surface area contributed by atoms with Gasteiger partial charge in [0.1, 0.15) is 0 Å². The zero-order valence-electron chi connectivity index (χ0n) is 10.9. The van der Waals surface area contributed by atoms with Crippen LogP contribution in [0.2, 0.25) is 0 Å². The first-order chi connectivity index (χ1) is 8.25. The maximum atomic E-state index is 11.9. The van der Waals surface area contributed by atoms with E-state index in [1.165, 1.54) is 0 Å². The van der Waals surface area contributed by atoms with Crippen molar-refractivity contribution in [2.75, 3.05) is 13.1 Å². The summed E-state index contributed by atoms with van der Waals surface area (Å²) in [5.41, 5.74) is 0. The van der Waals surface area contributed by atoms with Gasteiger partial charge in [0.25, 0.3) is 0 Å². The van der Waals surface area contributed by atoms with Crippen molar-refractivity contribution in [1.82, 2.24) is 10.6 Å². The van der Waals surface area contributed by atoms with Gasteiger partial charge < -0.3 is 15.7 Å². The SMILES string of the molecule is Cl.O=C(CC1CCNCC1)N[C@H]1CCCC[C@@H]1O. The number of aliphatic hydroxyl groups excluding tert-OH is 1. The van der Waals surface area contributed by atoms with E-state index in [2.05, 4.69) is 10.6 Å². The second-order valence-corrected chi connectivity index (χ2v) is 5.42. The van der Waals surface area contributed by atoms with Crippen LogP contribution in [0.25, 0.3) is 0 Å². The molecule has 0 unspecified atom stereocenters. The Balaban J connectivity index is 0.00000162. The molecule has 1 aliphatic carbocycles. The summed E-state index contributed by atoms with van der Waals surface area (Å²) in [7, 11) is 0. The molecule has 1 amide bonds. The lowest BCUT2D eigenvalue weighted by molar-refractivity contribution is -0.124. The predicted molar refractivity (Wildman–Crippen MR) is 73.9 cm³/mol. The molecule has 1 heterocycles. The monoisotopic (exact) mass is 276 g/mol. The number of hydrogen-bond acceptors (Lipinski definition) is 3. The summed E-state index contributed by atoms with van der Waals surface area (Å²) in [6.45, 7) is 2.06. The Labute approximate surface area is 115 Å². The summed E-state index contributed by atoms with van der Waals surface area (Å²) in [6.07, 6.45) is 6.46. The summed E-state index contributed by atoms with van der Waals surface area (Å²) in [5.74, 6) is 0.653. The number of hydrogen-bond donors (Lipinski definition) is 3. The Morgan fingerprint density at radius 1 is 1.17 bits per heavy atom. The number of carbonyl (C=O) groups is 1. The molecule has 5 heteroatoms. The molecule has 2 rings (SSSR count). The smallest absolute Gasteiger partial charge is 0.220 e. The number of piperidine rings is 1. The second kappa shape index (κ2) is 7.97. The Kier molecular flexibility index (Phi) is 6.97. The molecule has 0 radical (unpaired) electrons. The van der Waals surface area contributed by atoms with Crippen LogP contribution in [0.1, 0.15) is 44.9 Å².